The summed E-state index contributed by atoms with van der Waals surface area (Å²) in [4.78, 5) is 23.9. The van der Waals surface area contributed by atoms with Crippen molar-refractivity contribution < 1.29 is 14.6 Å². The van der Waals surface area contributed by atoms with Gasteiger partial charge in [0, 0.05) is 29.1 Å². The van der Waals surface area contributed by atoms with E-state index >= 15 is 0 Å². The zero-order chi connectivity index (χ0) is 22.8. The summed E-state index contributed by atoms with van der Waals surface area (Å²) in [7, 11) is 0. The third-order valence-corrected chi connectivity index (χ3v) is 5.50. The second-order valence-corrected chi connectivity index (χ2v) is 7.87. The lowest BCUT2D eigenvalue weighted by Crippen LogP contribution is -2.00. The van der Waals surface area contributed by atoms with E-state index < -0.39 is 0 Å². The number of phenolic OH excluding ortho intramolecular Hbond substituents is 2. The average Bonchev–Trinajstić information content (AvgIpc) is 3.49. The number of hydrogen-bond donors (Lipinski definition) is 3. The Hall–Kier alpha value is -4.43. The molecule has 3 aromatic carbocycles. The Morgan fingerprint density at radius 3 is 2.48 bits per heavy atom. The van der Waals surface area contributed by atoms with Gasteiger partial charge in [0.15, 0.2) is 11.3 Å². The van der Waals surface area contributed by atoms with Crippen LogP contribution in [0, 0.1) is 0 Å². The van der Waals surface area contributed by atoms with Gasteiger partial charge in [0.25, 0.3) is 0 Å². The highest BCUT2D eigenvalue weighted by Gasteiger charge is 2.11. The maximum absolute atomic E-state index is 12.0. The summed E-state index contributed by atoms with van der Waals surface area (Å²) in [5.41, 5.74) is 5.31. The molecule has 3 N–H and O–H groups in total. The second-order valence-electron chi connectivity index (χ2n) is 7.16. The molecule has 0 saturated heterocycles. The van der Waals surface area contributed by atoms with E-state index in [-0.39, 0.29) is 27.9 Å². The zero-order valence-electron chi connectivity index (χ0n) is 17.1. The van der Waals surface area contributed by atoms with Crippen LogP contribution in [-0.2, 0) is 0 Å². The summed E-state index contributed by atoms with van der Waals surface area (Å²) >= 11 is 1.57. The van der Waals surface area contributed by atoms with E-state index in [1.165, 1.54) is 12.1 Å². The molecule has 3 heterocycles. The number of aromatic nitrogens is 3. The highest BCUT2D eigenvalue weighted by Crippen LogP contribution is 2.30. The number of H-pyrrole nitrogens is 1. The number of fused-ring (bicyclic) bond motifs is 2. The molecule has 0 atom stereocenters. The normalized spacial score (nSPS) is 10.8. The van der Waals surface area contributed by atoms with E-state index in [0.29, 0.717) is 5.76 Å². The smallest absolute Gasteiger partial charge is 0.197 e. The molecule has 8 heteroatoms. The molecule has 0 spiro atoms. The van der Waals surface area contributed by atoms with Crippen LogP contribution in [0.15, 0.2) is 92.9 Å². The number of hydrogen-bond acceptors (Lipinski definition) is 7. The predicted octanol–water partition coefficient (Wildman–Crippen LogP) is 5.56. The molecular weight excluding hydrogens is 438 g/mol. The first-order chi connectivity index (χ1) is 16.1. The van der Waals surface area contributed by atoms with Crippen molar-refractivity contribution >= 4 is 33.3 Å². The Morgan fingerprint density at radius 2 is 1.73 bits per heavy atom. The Balaban J connectivity index is 0.000000144. The van der Waals surface area contributed by atoms with E-state index in [0.717, 1.165) is 34.2 Å². The van der Waals surface area contributed by atoms with E-state index in [9.17, 15) is 15.0 Å². The van der Waals surface area contributed by atoms with Crippen LogP contribution in [-0.4, -0.2) is 25.2 Å². The van der Waals surface area contributed by atoms with Gasteiger partial charge in [-0.25, -0.2) is 9.97 Å². The fourth-order valence-corrected chi connectivity index (χ4v) is 3.94. The Bertz CT molecular complexity index is 1570. The van der Waals surface area contributed by atoms with E-state index in [4.69, 9.17) is 4.42 Å². The summed E-state index contributed by atoms with van der Waals surface area (Å²) in [6.07, 6.45) is 0. The van der Waals surface area contributed by atoms with Gasteiger partial charge < -0.3 is 19.6 Å². The van der Waals surface area contributed by atoms with Gasteiger partial charge in [-0.15, -0.1) is 11.3 Å². The number of aromatic amines is 1. The maximum atomic E-state index is 12.0. The number of thiazole rings is 1. The van der Waals surface area contributed by atoms with Crippen LogP contribution in [0.4, 0.5) is 0 Å². The number of para-hydroxylation sites is 2. The van der Waals surface area contributed by atoms with Gasteiger partial charge in [-0.05, 0) is 12.1 Å². The Morgan fingerprint density at radius 1 is 0.939 bits per heavy atom. The molecule has 0 radical (unpaired) electrons. The monoisotopic (exact) mass is 455 g/mol. The molecule has 33 heavy (non-hydrogen) atoms. The minimum absolute atomic E-state index is 0.0671. The van der Waals surface area contributed by atoms with Crippen LogP contribution in [0.1, 0.15) is 0 Å². The number of nitrogens with one attached hydrogen (secondary N) is 1. The SMILES string of the molecule is O=c1cc(-c2ccccc2)oc2cc(O)cc(O)c12.c1ccc2[nH]c(-c3cscn3)nc2c1. The minimum atomic E-state index is -0.349. The molecule has 0 bridgehead atoms. The lowest BCUT2D eigenvalue weighted by Gasteiger charge is -2.04. The van der Waals surface area contributed by atoms with Gasteiger partial charge in [-0.2, -0.15) is 0 Å². The summed E-state index contributed by atoms with van der Waals surface area (Å²) in [5, 5.41) is 21.2. The molecule has 0 aliphatic heterocycles. The standard InChI is InChI=1S/C15H10O4.C10H7N3S/c16-10-6-11(17)15-12(18)8-13(19-14(15)7-10)9-4-2-1-3-5-9;1-2-4-8-7(3-1)12-10(13-8)9-5-14-6-11-9/h1-8,16-17H;1-6H,(H,12,13). The topological polar surface area (TPSA) is 112 Å². The number of imidazole rings is 1. The zero-order valence-corrected chi connectivity index (χ0v) is 17.9. The molecule has 0 amide bonds. The number of benzene rings is 3. The number of phenols is 2. The number of nitrogens with zero attached hydrogens (tertiary/aromatic N) is 2. The average molecular weight is 455 g/mol. The molecule has 162 valence electrons. The molecule has 6 rings (SSSR count). The Labute approximate surface area is 191 Å². The van der Waals surface area contributed by atoms with Gasteiger partial charge >= 0.3 is 0 Å². The first kappa shape index (κ1) is 20.5. The summed E-state index contributed by atoms with van der Waals surface area (Å²) < 4.78 is 5.57. The highest BCUT2D eigenvalue weighted by molar-refractivity contribution is 7.07. The van der Waals surface area contributed by atoms with Crippen LogP contribution in [0.5, 0.6) is 11.5 Å². The summed E-state index contributed by atoms with van der Waals surface area (Å²) in [5.74, 6) is 0.789. The van der Waals surface area contributed by atoms with Crippen molar-refractivity contribution in [2.24, 2.45) is 0 Å². The molecule has 7 nitrogen and oxygen atoms in total. The lowest BCUT2D eigenvalue weighted by molar-refractivity contribution is 0.452. The highest BCUT2D eigenvalue weighted by atomic mass is 32.1. The fourth-order valence-electron chi connectivity index (χ4n) is 3.40. The van der Waals surface area contributed by atoms with Crippen molar-refractivity contribution in [3.05, 3.63) is 93.9 Å². The molecule has 0 aliphatic rings. The Kier molecular flexibility index (Phi) is 5.34. The van der Waals surface area contributed by atoms with Crippen molar-refractivity contribution in [2.75, 3.05) is 0 Å². The van der Waals surface area contributed by atoms with E-state index in [1.807, 2.05) is 65.5 Å². The van der Waals surface area contributed by atoms with Crippen LogP contribution >= 0.6 is 11.3 Å². The molecular formula is C25H17N3O4S. The maximum Gasteiger partial charge on any atom is 0.197 e. The van der Waals surface area contributed by atoms with Crippen molar-refractivity contribution in [1.82, 2.24) is 15.0 Å². The predicted molar refractivity (Wildman–Crippen MR) is 128 cm³/mol. The van der Waals surface area contributed by atoms with Crippen LogP contribution in [0.3, 0.4) is 0 Å². The summed E-state index contributed by atoms with van der Waals surface area (Å²) in [6.45, 7) is 0. The van der Waals surface area contributed by atoms with Crippen LogP contribution in [0.2, 0.25) is 0 Å². The molecule has 0 saturated carbocycles. The number of aromatic hydroxyl groups is 2. The molecule has 6 aromatic rings. The van der Waals surface area contributed by atoms with Gasteiger partial charge in [0.05, 0.1) is 16.5 Å². The van der Waals surface area contributed by atoms with Gasteiger partial charge in [0.1, 0.15) is 33.9 Å². The van der Waals surface area contributed by atoms with Gasteiger partial charge in [0.2, 0.25) is 0 Å². The van der Waals surface area contributed by atoms with Crippen LogP contribution < -0.4 is 5.43 Å². The quantitative estimate of drug-likeness (QED) is 0.315. The fraction of sp³-hybridized carbons (Fsp3) is 0. The minimum Gasteiger partial charge on any atom is -0.508 e. The molecule has 0 unspecified atom stereocenters. The van der Waals surface area contributed by atoms with Crippen molar-refractivity contribution in [3.8, 4) is 34.3 Å². The van der Waals surface area contributed by atoms with E-state index in [2.05, 4.69) is 15.0 Å². The molecule has 0 aliphatic carbocycles. The third-order valence-electron chi connectivity index (χ3n) is 4.92. The number of rotatable bonds is 2. The molecule has 0 fully saturated rings. The van der Waals surface area contributed by atoms with Crippen molar-refractivity contribution in [2.45, 2.75) is 0 Å². The first-order valence-electron chi connectivity index (χ1n) is 9.97. The third kappa shape index (κ3) is 4.19. The largest absolute Gasteiger partial charge is 0.508 e. The van der Waals surface area contributed by atoms with Crippen molar-refractivity contribution in [3.63, 3.8) is 0 Å². The second kappa shape index (κ2) is 8.60. The summed E-state index contributed by atoms with van der Waals surface area (Å²) in [6, 6.07) is 20.9. The first-order valence-corrected chi connectivity index (χ1v) is 10.9. The van der Waals surface area contributed by atoms with E-state index in [1.54, 1.807) is 11.3 Å². The van der Waals surface area contributed by atoms with Crippen molar-refractivity contribution in [1.29, 1.82) is 0 Å². The van der Waals surface area contributed by atoms with Crippen LogP contribution in [0.25, 0.3) is 44.8 Å². The van der Waals surface area contributed by atoms with Gasteiger partial charge in [-0.3, -0.25) is 4.79 Å². The molecule has 3 aromatic heterocycles. The lowest BCUT2D eigenvalue weighted by atomic mass is 10.1. The van der Waals surface area contributed by atoms with Gasteiger partial charge in [-0.1, -0.05) is 42.5 Å².